The zero-order valence-corrected chi connectivity index (χ0v) is 20.7. The molecule has 0 saturated carbocycles. The fourth-order valence-electron chi connectivity index (χ4n) is 5.18. The minimum absolute atomic E-state index is 0.404. The molecule has 0 unspecified atom stereocenters. The summed E-state index contributed by atoms with van der Waals surface area (Å²) in [5, 5.41) is 11.7. The van der Waals surface area contributed by atoms with Crippen LogP contribution in [0.4, 0.5) is 0 Å². The van der Waals surface area contributed by atoms with Crippen molar-refractivity contribution in [2.24, 2.45) is 0 Å². The lowest BCUT2D eigenvalue weighted by Gasteiger charge is -2.32. The van der Waals surface area contributed by atoms with E-state index in [0.717, 1.165) is 42.8 Å². The van der Waals surface area contributed by atoms with Crippen molar-refractivity contribution in [2.75, 3.05) is 26.2 Å². The van der Waals surface area contributed by atoms with Crippen LogP contribution < -0.4 is 4.74 Å². The van der Waals surface area contributed by atoms with Crippen LogP contribution in [-0.4, -0.2) is 41.3 Å². The molecule has 5 aromatic rings. The molecule has 1 aliphatic heterocycles. The first-order valence-corrected chi connectivity index (χ1v) is 13.0. The Balaban J connectivity index is 1.01. The third kappa shape index (κ3) is 4.73. The van der Waals surface area contributed by atoms with E-state index >= 15 is 0 Å². The van der Waals surface area contributed by atoms with Gasteiger partial charge in [-0.1, -0.05) is 55.5 Å². The van der Waals surface area contributed by atoms with Gasteiger partial charge >= 0.3 is 0 Å². The van der Waals surface area contributed by atoms with E-state index in [4.69, 9.17) is 13.6 Å². The first-order chi connectivity index (χ1) is 17.8. The van der Waals surface area contributed by atoms with Crippen LogP contribution >= 0.6 is 0 Å². The number of piperidine rings is 1. The molecule has 3 aromatic carbocycles. The summed E-state index contributed by atoms with van der Waals surface area (Å²) in [5.41, 5.74) is 2.24. The smallest absolute Gasteiger partial charge is 0.283 e. The van der Waals surface area contributed by atoms with Crippen LogP contribution in [0.1, 0.15) is 43.6 Å². The van der Waals surface area contributed by atoms with Gasteiger partial charge < -0.3 is 18.5 Å². The molecule has 0 bridgehead atoms. The summed E-state index contributed by atoms with van der Waals surface area (Å²) in [5.74, 6) is 3.06. The van der Waals surface area contributed by atoms with Crippen molar-refractivity contribution in [3.05, 3.63) is 78.2 Å². The first kappa shape index (κ1) is 22.8. The Hall–Kier alpha value is -3.64. The molecule has 0 atom stereocenters. The van der Waals surface area contributed by atoms with E-state index in [2.05, 4.69) is 57.6 Å². The van der Waals surface area contributed by atoms with Gasteiger partial charge in [-0.2, -0.15) is 0 Å². The highest BCUT2D eigenvalue weighted by atomic mass is 16.5. The maximum atomic E-state index is 6.16. The van der Waals surface area contributed by atoms with E-state index in [1.807, 2.05) is 31.2 Å². The van der Waals surface area contributed by atoms with E-state index in [9.17, 15) is 0 Å². The van der Waals surface area contributed by atoms with Gasteiger partial charge in [0, 0.05) is 19.0 Å². The molecule has 6 nitrogen and oxygen atoms in total. The van der Waals surface area contributed by atoms with Gasteiger partial charge in [0.2, 0.25) is 5.89 Å². The molecule has 1 fully saturated rings. The largest absolute Gasteiger partial charge is 0.493 e. The molecule has 0 N–H and O–H groups in total. The molecule has 1 saturated heterocycles. The monoisotopic (exact) mass is 481 g/mol. The van der Waals surface area contributed by atoms with Gasteiger partial charge in [0.1, 0.15) is 11.3 Å². The second kappa shape index (κ2) is 10.2. The summed E-state index contributed by atoms with van der Waals surface area (Å²) in [6.45, 7) is 5.99. The molecule has 6 heteroatoms. The van der Waals surface area contributed by atoms with Crippen molar-refractivity contribution in [2.45, 2.75) is 38.5 Å². The highest BCUT2D eigenvalue weighted by Crippen LogP contribution is 2.33. The number of hydrogen-bond acceptors (Lipinski definition) is 6. The van der Waals surface area contributed by atoms with Crippen LogP contribution in [0.25, 0.3) is 33.4 Å². The van der Waals surface area contributed by atoms with Gasteiger partial charge in [0.15, 0.2) is 5.76 Å². The predicted octanol–water partition coefficient (Wildman–Crippen LogP) is 6.85. The zero-order valence-electron chi connectivity index (χ0n) is 20.7. The topological polar surface area (TPSA) is 64.5 Å². The summed E-state index contributed by atoms with van der Waals surface area (Å²) < 4.78 is 17.7. The van der Waals surface area contributed by atoms with Gasteiger partial charge in [-0.15, -0.1) is 10.2 Å². The fraction of sp³-hybridized carbons (Fsp3) is 0.333. The number of rotatable bonds is 8. The minimum atomic E-state index is 0.404. The maximum Gasteiger partial charge on any atom is 0.283 e. The predicted molar refractivity (Wildman–Crippen MR) is 141 cm³/mol. The fourth-order valence-corrected chi connectivity index (χ4v) is 5.18. The van der Waals surface area contributed by atoms with Crippen LogP contribution in [0.5, 0.6) is 5.75 Å². The van der Waals surface area contributed by atoms with E-state index in [1.165, 1.54) is 29.2 Å². The van der Waals surface area contributed by atoms with Crippen molar-refractivity contribution < 1.29 is 13.6 Å². The highest BCUT2D eigenvalue weighted by molar-refractivity contribution is 5.87. The Kier molecular flexibility index (Phi) is 6.43. The summed E-state index contributed by atoms with van der Waals surface area (Å²) in [6, 6.07) is 23.4. The van der Waals surface area contributed by atoms with E-state index in [0.29, 0.717) is 36.5 Å². The molecule has 1 aliphatic rings. The molecule has 0 spiro atoms. The Morgan fingerprint density at radius 1 is 0.917 bits per heavy atom. The second-order valence-electron chi connectivity index (χ2n) is 9.56. The molecule has 184 valence electrons. The van der Waals surface area contributed by atoms with Crippen LogP contribution in [0.15, 0.2) is 75.6 Å². The van der Waals surface area contributed by atoms with Crippen LogP contribution in [0, 0.1) is 0 Å². The minimum Gasteiger partial charge on any atom is -0.493 e. The molecule has 0 amide bonds. The van der Waals surface area contributed by atoms with Crippen molar-refractivity contribution in [3.8, 4) is 17.4 Å². The molecular weight excluding hydrogens is 450 g/mol. The molecule has 36 heavy (non-hydrogen) atoms. The number of furan rings is 1. The number of aromatic nitrogens is 2. The van der Waals surface area contributed by atoms with E-state index in [1.54, 1.807) is 0 Å². The number of fused-ring (bicyclic) bond motifs is 2. The molecular formula is C30H31N3O3. The zero-order chi connectivity index (χ0) is 24.3. The first-order valence-electron chi connectivity index (χ1n) is 13.0. The maximum absolute atomic E-state index is 6.16. The molecule has 6 rings (SSSR count). The molecule has 2 aromatic heterocycles. The van der Waals surface area contributed by atoms with Crippen LogP contribution in [-0.2, 0) is 6.42 Å². The number of hydrogen-bond donors (Lipinski definition) is 0. The lowest BCUT2D eigenvalue weighted by molar-refractivity contribution is 0.193. The van der Waals surface area contributed by atoms with Gasteiger partial charge in [0.25, 0.3) is 5.89 Å². The number of benzene rings is 3. The Bertz CT molecular complexity index is 1460. The van der Waals surface area contributed by atoms with Crippen molar-refractivity contribution in [3.63, 3.8) is 0 Å². The lowest BCUT2D eigenvalue weighted by atomic mass is 9.88. The summed E-state index contributed by atoms with van der Waals surface area (Å²) in [4.78, 5) is 2.57. The summed E-state index contributed by atoms with van der Waals surface area (Å²) >= 11 is 0. The quantitative estimate of drug-likeness (QED) is 0.226. The standard InChI is InChI=1S/C30H31N3O3/c1-2-29-31-32-30(36-29)28-20-25-26(9-5-10-27(25)35-28)34-18-6-15-33-16-13-22(14-17-33)24-12-11-21-7-3-4-8-23(21)19-24/h3-5,7-12,19-20,22H,2,6,13-18H2,1H3. The summed E-state index contributed by atoms with van der Waals surface area (Å²) in [6.07, 6.45) is 4.12. The number of aryl methyl sites for hydroxylation is 1. The van der Waals surface area contributed by atoms with Crippen LogP contribution in [0.2, 0.25) is 0 Å². The van der Waals surface area contributed by atoms with Gasteiger partial charge in [-0.05, 0) is 66.7 Å². The molecule has 0 aliphatic carbocycles. The highest BCUT2D eigenvalue weighted by Gasteiger charge is 2.21. The number of ether oxygens (including phenoxy) is 1. The second-order valence-corrected chi connectivity index (χ2v) is 9.56. The van der Waals surface area contributed by atoms with E-state index in [-0.39, 0.29) is 0 Å². The number of nitrogens with zero attached hydrogens (tertiary/aromatic N) is 3. The third-order valence-corrected chi connectivity index (χ3v) is 7.21. The van der Waals surface area contributed by atoms with Crippen LogP contribution in [0.3, 0.4) is 0 Å². The average Bonchev–Trinajstić information content (AvgIpc) is 3.59. The number of likely N-dealkylation sites (tertiary alicyclic amines) is 1. The summed E-state index contributed by atoms with van der Waals surface area (Å²) in [7, 11) is 0. The van der Waals surface area contributed by atoms with Gasteiger partial charge in [-0.25, -0.2) is 0 Å². The third-order valence-electron chi connectivity index (χ3n) is 7.21. The van der Waals surface area contributed by atoms with Crippen molar-refractivity contribution in [1.29, 1.82) is 0 Å². The van der Waals surface area contributed by atoms with Crippen molar-refractivity contribution >= 4 is 21.7 Å². The Morgan fingerprint density at radius 2 is 1.78 bits per heavy atom. The Labute approximate surface area is 210 Å². The normalized spacial score (nSPS) is 15.1. The van der Waals surface area contributed by atoms with Crippen molar-refractivity contribution in [1.82, 2.24) is 15.1 Å². The average molecular weight is 482 g/mol. The molecule has 3 heterocycles. The van der Waals surface area contributed by atoms with Gasteiger partial charge in [0.05, 0.1) is 12.0 Å². The molecule has 0 radical (unpaired) electrons. The Morgan fingerprint density at radius 3 is 2.61 bits per heavy atom. The van der Waals surface area contributed by atoms with Gasteiger partial charge in [-0.3, -0.25) is 0 Å². The SMILES string of the molecule is CCc1nnc(-c2cc3c(OCCCN4CCC(c5ccc6ccccc6c5)CC4)cccc3o2)o1. The lowest BCUT2D eigenvalue weighted by Crippen LogP contribution is -2.34. The van der Waals surface area contributed by atoms with E-state index < -0.39 is 0 Å².